The van der Waals surface area contributed by atoms with Crippen LogP contribution in [0.3, 0.4) is 0 Å². The van der Waals surface area contributed by atoms with Crippen molar-refractivity contribution in [1.82, 2.24) is 14.9 Å². The molecule has 4 heteroatoms. The lowest BCUT2D eigenvalue weighted by molar-refractivity contribution is 0.676. The van der Waals surface area contributed by atoms with Crippen LogP contribution in [-0.4, -0.2) is 16.1 Å². The van der Waals surface area contributed by atoms with Gasteiger partial charge in [0.15, 0.2) is 0 Å². The molecule has 0 bridgehead atoms. The number of fused-ring (bicyclic) bond motifs is 1. The number of aromatic nitrogens is 2. The molecule has 0 aliphatic carbocycles. The number of benzene rings is 1. The summed E-state index contributed by atoms with van der Waals surface area (Å²) in [6.45, 7) is 5.12. The molecule has 0 aliphatic heterocycles. The summed E-state index contributed by atoms with van der Waals surface area (Å²) in [5, 5.41) is 4.76. The van der Waals surface area contributed by atoms with Crippen molar-refractivity contribution < 1.29 is 0 Å². The summed E-state index contributed by atoms with van der Waals surface area (Å²) in [6.07, 6.45) is 5.28. The number of hydrogen-bond donors (Lipinski definition) is 1. The van der Waals surface area contributed by atoms with Gasteiger partial charge in [0.2, 0.25) is 0 Å². The number of nitrogens with zero attached hydrogens (tertiary/aromatic N) is 2. The lowest BCUT2D eigenvalue weighted by Crippen LogP contribution is -2.13. The Morgan fingerprint density at radius 2 is 2.25 bits per heavy atom. The minimum Gasteiger partial charge on any atom is -0.342 e. The zero-order chi connectivity index (χ0) is 13.8. The first-order valence-corrected chi connectivity index (χ1v) is 7.90. The maximum Gasteiger partial charge on any atom is 0.0794 e. The highest BCUT2D eigenvalue weighted by molar-refractivity contribution is 7.09. The van der Waals surface area contributed by atoms with E-state index in [2.05, 4.69) is 52.3 Å². The van der Waals surface area contributed by atoms with Crippen LogP contribution in [-0.2, 0) is 13.1 Å². The molecule has 1 aromatic carbocycles. The lowest BCUT2D eigenvalue weighted by Gasteiger charge is -2.06. The second-order valence-corrected chi connectivity index (χ2v) is 5.95. The fourth-order valence-corrected chi connectivity index (χ4v) is 2.99. The van der Waals surface area contributed by atoms with Crippen molar-refractivity contribution in [2.24, 2.45) is 0 Å². The third-order valence-electron chi connectivity index (χ3n) is 3.40. The summed E-state index contributed by atoms with van der Waals surface area (Å²) in [4.78, 5) is 5.42. The molecule has 104 valence electrons. The molecular weight excluding hydrogens is 266 g/mol. The summed E-state index contributed by atoms with van der Waals surface area (Å²) >= 11 is 1.70. The van der Waals surface area contributed by atoms with E-state index in [4.69, 9.17) is 0 Å². The Bertz CT molecular complexity index is 670. The second-order valence-electron chi connectivity index (χ2n) is 4.98. The van der Waals surface area contributed by atoms with Crippen molar-refractivity contribution in [3.63, 3.8) is 0 Å². The van der Waals surface area contributed by atoms with E-state index >= 15 is 0 Å². The average Bonchev–Trinajstić information content (AvgIpc) is 3.10. The second kappa shape index (κ2) is 6.20. The fourth-order valence-electron chi connectivity index (χ4n) is 2.40. The molecule has 0 saturated carbocycles. The van der Waals surface area contributed by atoms with Crippen LogP contribution in [0.4, 0.5) is 0 Å². The normalized spacial score (nSPS) is 11.2. The Morgan fingerprint density at radius 3 is 3.05 bits per heavy atom. The van der Waals surface area contributed by atoms with Crippen molar-refractivity contribution in [3.05, 3.63) is 52.6 Å². The van der Waals surface area contributed by atoms with Gasteiger partial charge in [-0.15, -0.1) is 11.3 Å². The average molecular weight is 285 g/mol. The number of hydrogen-bond acceptors (Lipinski definition) is 3. The molecular formula is C16H19N3S. The van der Waals surface area contributed by atoms with Crippen LogP contribution in [0.2, 0.25) is 0 Å². The van der Waals surface area contributed by atoms with E-state index < -0.39 is 0 Å². The van der Waals surface area contributed by atoms with Gasteiger partial charge in [-0.05, 0) is 42.1 Å². The van der Waals surface area contributed by atoms with Crippen LogP contribution >= 0.6 is 11.3 Å². The maximum absolute atomic E-state index is 4.14. The van der Waals surface area contributed by atoms with Gasteiger partial charge >= 0.3 is 0 Å². The van der Waals surface area contributed by atoms with E-state index in [1.807, 2.05) is 11.7 Å². The Kier molecular flexibility index (Phi) is 4.14. The van der Waals surface area contributed by atoms with Gasteiger partial charge < -0.3 is 9.88 Å². The van der Waals surface area contributed by atoms with Crippen molar-refractivity contribution in [2.45, 2.75) is 26.4 Å². The van der Waals surface area contributed by atoms with Gasteiger partial charge in [0, 0.05) is 29.3 Å². The number of thiazole rings is 1. The zero-order valence-electron chi connectivity index (χ0n) is 11.7. The van der Waals surface area contributed by atoms with Crippen LogP contribution in [0.1, 0.15) is 23.8 Å². The van der Waals surface area contributed by atoms with E-state index in [9.17, 15) is 0 Å². The van der Waals surface area contributed by atoms with E-state index in [0.717, 1.165) is 19.6 Å². The van der Waals surface area contributed by atoms with Gasteiger partial charge in [0.1, 0.15) is 0 Å². The molecule has 0 amide bonds. The van der Waals surface area contributed by atoms with Gasteiger partial charge in [-0.1, -0.05) is 13.0 Å². The lowest BCUT2D eigenvalue weighted by atomic mass is 10.1. The third kappa shape index (κ3) is 2.92. The quantitative estimate of drug-likeness (QED) is 0.701. The molecule has 0 spiro atoms. The zero-order valence-corrected chi connectivity index (χ0v) is 12.5. The molecule has 3 nitrogen and oxygen atoms in total. The van der Waals surface area contributed by atoms with Gasteiger partial charge in [0.05, 0.1) is 12.1 Å². The van der Waals surface area contributed by atoms with Gasteiger partial charge in [-0.25, -0.2) is 0 Å². The molecule has 0 atom stereocenters. The van der Waals surface area contributed by atoms with E-state index in [-0.39, 0.29) is 0 Å². The molecule has 0 unspecified atom stereocenters. The molecule has 0 saturated heterocycles. The first-order chi connectivity index (χ1) is 9.86. The highest BCUT2D eigenvalue weighted by atomic mass is 32.1. The van der Waals surface area contributed by atoms with Gasteiger partial charge in [-0.3, -0.25) is 4.98 Å². The molecule has 0 aliphatic rings. The van der Waals surface area contributed by atoms with Crippen LogP contribution in [0.5, 0.6) is 0 Å². The summed E-state index contributed by atoms with van der Waals surface area (Å²) < 4.78 is 2.28. The summed E-state index contributed by atoms with van der Waals surface area (Å²) in [5.74, 6) is 0. The van der Waals surface area contributed by atoms with Crippen molar-refractivity contribution >= 4 is 22.2 Å². The predicted octanol–water partition coefficient (Wildman–Crippen LogP) is 3.65. The van der Waals surface area contributed by atoms with Gasteiger partial charge in [-0.2, -0.15) is 0 Å². The summed E-state index contributed by atoms with van der Waals surface area (Å²) in [5.41, 5.74) is 4.53. The van der Waals surface area contributed by atoms with Crippen LogP contribution in [0.25, 0.3) is 10.9 Å². The van der Waals surface area contributed by atoms with E-state index in [1.165, 1.54) is 27.8 Å². The number of rotatable bonds is 6. The fraction of sp³-hybridized carbons (Fsp3) is 0.312. The Hall–Kier alpha value is -1.65. The summed E-state index contributed by atoms with van der Waals surface area (Å²) in [7, 11) is 0. The van der Waals surface area contributed by atoms with Crippen LogP contribution < -0.4 is 5.32 Å². The molecule has 3 rings (SSSR count). The molecule has 0 radical (unpaired) electrons. The molecule has 0 fully saturated rings. The smallest absolute Gasteiger partial charge is 0.0794 e. The van der Waals surface area contributed by atoms with E-state index in [0.29, 0.717) is 0 Å². The monoisotopic (exact) mass is 285 g/mol. The van der Waals surface area contributed by atoms with Crippen molar-refractivity contribution in [1.29, 1.82) is 0 Å². The Labute approximate surface area is 123 Å². The SMILES string of the molecule is CCCNCc1ccc2c(ccn2Cc2cncs2)c1. The topological polar surface area (TPSA) is 29.9 Å². The molecule has 20 heavy (non-hydrogen) atoms. The first kappa shape index (κ1) is 13.3. The van der Waals surface area contributed by atoms with Gasteiger partial charge in [0.25, 0.3) is 0 Å². The molecule has 1 N–H and O–H groups in total. The molecule has 2 aromatic heterocycles. The van der Waals surface area contributed by atoms with Crippen molar-refractivity contribution in [3.8, 4) is 0 Å². The standard InChI is InChI=1S/C16H19N3S/c1-2-6-17-9-13-3-4-16-14(8-13)5-7-19(16)11-15-10-18-12-20-15/h3-5,7-8,10,12,17H,2,6,9,11H2,1H3. The summed E-state index contributed by atoms with van der Waals surface area (Å²) in [6, 6.07) is 8.91. The third-order valence-corrected chi connectivity index (χ3v) is 4.17. The minimum atomic E-state index is 0.904. The maximum atomic E-state index is 4.14. The highest BCUT2D eigenvalue weighted by Crippen LogP contribution is 2.20. The largest absolute Gasteiger partial charge is 0.342 e. The van der Waals surface area contributed by atoms with Crippen LogP contribution in [0.15, 0.2) is 42.2 Å². The molecule has 2 heterocycles. The first-order valence-electron chi connectivity index (χ1n) is 7.02. The Morgan fingerprint density at radius 1 is 1.30 bits per heavy atom. The molecule has 3 aromatic rings. The number of nitrogens with one attached hydrogen (secondary N) is 1. The van der Waals surface area contributed by atoms with Crippen molar-refractivity contribution in [2.75, 3.05) is 6.54 Å². The highest BCUT2D eigenvalue weighted by Gasteiger charge is 2.04. The predicted molar refractivity (Wildman–Crippen MR) is 85.2 cm³/mol. The Balaban J connectivity index is 1.79. The van der Waals surface area contributed by atoms with E-state index in [1.54, 1.807) is 11.3 Å². The van der Waals surface area contributed by atoms with Crippen LogP contribution in [0, 0.1) is 0 Å². The minimum absolute atomic E-state index is 0.904.